The minimum absolute atomic E-state index is 0.0889. The fraction of sp³-hybridized carbons (Fsp3) is 0.312. The van der Waals surface area contributed by atoms with Gasteiger partial charge in [0.2, 0.25) is 5.91 Å². The Morgan fingerprint density at radius 2 is 2.00 bits per heavy atom. The maximum atomic E-state index is 12.5. The predicted octanol–water partition coefficient (Wildman–Crippen LogP) is 1.61. The van der Waals surface area contributed by atoms with Crippen LogP contribution in [0.3, 0.4) is 0 Å². The molecule has 1 fully saturated rings. The van der Waals surface area contributed by atoms with Gasteiger partial charge in [0, 0.05) is 35.7 Å². The number of H-pyrrole nitrogens is 1. The highest BCUT2D eigenvalue weighted by atomic mass is 32.2. The predicted molar refractivity (Wildman–Crippen MR) is 89.9 cm³/mol. The van der Waals surface area contributed by atoms with Crippen molar-refractivity contribution in [2.75, 3.05) is 36.5 Å². The van der Waals surface area contributed by atoms with E-state index < -0.39 is 0 Å². The molecular formula is C16H16N4O2S. The van der Waals surface area contributed by atoms with Crippen LogP contribution >= 0.6 is 11.8 Å². The van der Waals surface area contributed by atoms with Gasteiger partial charge in [0.1, 0.15) is 0 Å². The fourth-order valence-corrected chi connectivity index (χ4v) is 3.99. The van der Waals surface area contributed by atoms with Crippen LogP contribution in [0.4, 0.5) is 5.82 Å². The van der Waals surface area contributed by atoms with Gasteiger partial charge in [-0.2, -0.15) is 16.9 Å². The molecule has 2 aromatic rings. The number of aromatic amines is 1. The maximum absolute atomic E-state index is 12.5. The van der Waals surface area contributed by atoms with Gasteiger partial charge >= 0.3 is 0 Å². The molecule has 4 rings (SSSR count). The number of nitrogens with zero attached hydrogens (tertiary/aromatic N) is 2. The molecule has 1 aliphatic heterocycles. The van der Waals surface area contributed by atoms with Gasteiger partial charge in [-0.15, -0.1) is 0 Å². The van der Waals surface area contributed by atoms with Crippen molar-refractivity contribution in [2.45, 2.75) is 0 Å². The molecule has 0 atom stereocenters. The smallest absolute Gasteiger partial charge is 0.239 e. The molecule has 0 radical (unpaired) electrons. The van der Waals surface area contributed by atoms with Gasteiger partial charge in [0.25, 0.3) is 0 Å². The summed E-state index contributed by atoms with van der Waals surface area (Å²) in [6.45, 7) is 2.17. The van der Waals surface area contributed by atoms with Crippen LogP contribution in [-0.2, 0) is 4.79 Å². The van der Waals surface area contributed by atoms with Gasteiger partial charge in [-0.1, -0.05) is 24.3 Å². The molecular weight excluding hydrogens is 312 g/mol. The van der Waals surface area contributed by atoms with Gasteiger partial charge in [-0.05, 0) is 0 Å². The molecule has 1 amide bonds. The van der Waals surface area contributed by atoms with Crippen LogP contribution < -0.4 is 5.32 Å². The minimum Gasteiger partial charge on any atom is -0.307 e. The number of rotatable bonds is 3. The van der Waals surface area contributed by atoms with Crippen molar-refractivity contribution < 1.29 is 9.59 Å². The summed E-state index contributed by atoms with van der Waals surface area (Å²) < 4.78 is 0. The van der Waals surface area contributed by atoms with E-state index in [1.807, 2.05) is 30.0 Å². The van der Waals surface area contributed by atoms with E-state index in [2.05, 4.69) is 20.4 Å². The Labute approximate surface area is 137 Å². The number of amides is 1. The van der Waals surface area contributed by atoms with Crippen LogP contribution in [-0.4, -0.2) is 57.9 Å². The van der Waals surface area contributed by atoms with Gasteiger partial charge in [0.05, 0.1) is 17.8 Å². The lowest BCUT2D eigenvalue weighted by Gasteiger charge is -2.25. The van der Waals surface area contributed by atoms with Crippen LogP contribution in [0, 0.1) is 0 Å². The number of benzene rings is 1. The van der Waals surface area contributed by atoms with E-state index in [-0.39, 0.29) is 11.7 Å². The summed E-state index contributed by atoms with van der Waals surface area (Å²) in [5, 5.41) is 9.78. The second-order valence-corrected chi connectivity index (χ2v) is 6.86. The molecule has 7 heteroatoms. The molecule has 118 valence electrons. The SMILES string of the molecule is O=C(CN1CCSCC1)Nc1n[nH]c2c1C(=O)c1ccccc1-2. The lowest BCUT2D eigenvalue weighted by molar-refractivity contribution is -0.117. The van der Waals surface area contributed by atoms with Crippen molar-refractivity contribution in [3.05, 3.63) is 35.4 Å². The van der Waals surface area contributed by atoms with E-state index in [0.717, 1.165) is 30.2 Å². The zero-order valence-corrected chi connectivity index (χ0v) is 13.3. The van der Waals surface area contributed by atoms with E-state index >= 15 is 0 Å². The Morgan fingerprint density at radius 1 is 1.26 bits per heavy atom. The third kappa shape index (κ3) is 2.55. The number of aromatic nitrogens is 2. The number of fused-ring (bicyclic) bond motifs is 3. The first-order valence-corrected chi connectivity index (χ1v) is 8.72. The summed E-state index contributed by atoms with van der Waals surface area (Å²) in [6, 6.07) is 7.40. The highest BCUT2D eigenvalue weighted by molar-refractivity contribution is 7.99. The molecule has 2 aliphatic rings. The van der Waals surface area contributed by atoms with Crippen molar-refractivity contribution in [3.8, 4) is 11.3 Å². The first kappa shape index (κ1) is 14.5. The Balaban J connectivity index is 1.53. The second kappa shape index (κ2) is 5.82. The number of carbonyl (C=O) groups excluding carboxylic acids is 2. The summed E-state index contributed by atoms with van der Waals surface area (Å²) in [5.41, 5.74) is 2.65. The van der Waals surface area contributed by atoms with E-state index in [1.54, 1.807) is 6.07 Å². The first-order chi connectivity index (χ1) is 11.2. The van der Waals surface area contributed by atoms with Crippen LogP contribution in [0.25, 0.3) is 11.3 Å². The fourth-order valence-electron chi connectivity index (χ4n) is 3.02. The third-order valence-electron chi connectivity index (χ3n) is 4.16. The number of carbonyl (C=O) groups is 2. The molecule has 2 heterocycles. The quantitative estimate of drug-likeness (QED) is 0.764. The summed E-state index contributed by atoms with van der Waals surface area (Å²) in [7, 11) is 0. The van der Waals surface area contributed by atoms with Gasteiger partial charge in [0.15, 0.2) is 11.6 Å². The normalized spacial score (nSPS) is 17.0. The number of thioether (sulfide) groups is 1. The second-order valence-electron chi connectivity index (χ2n) is 5.63. The number of anilines is 1. The van der Waals surface area contributed by atoms with E-state index in [1.165, 1.54) is 0 Å². The number of nitrogens with one attached hydrogen (secondary N) is 2. The standard InChI is InChI=1S/C16H16N4O2S/c21-12(9-20-5-7-23-8-6-20)17-16-13-14(18-19-16)10-3-1-2-4-11(10)15(13)22/h1-4H,5-9H2,(H2,17,18,19,21). The van der Waals surface area contributed by atoms with E-state index in [0.29, 0.717) is 29.2 Å². The number of hydrogen-bond acceptors (Lipinski definition) is 5. The molecule has 6 nitrogen and oxygen atoms in total. The molecule has 0 spiro atoms. The highest BCUT2D eigenvalue weighted by Crippen LogP contribution is 2.38. The van der Waals surface area contributed by atoms with Crippen molar-refractivity contribution in [3.63, 3.8) is 0 Å². The summed E-state index contributed by atoms with van der Waals surface area (Å²) in [5.74, 6) is 2.22. The Bertz CT molecular complexity index is 780. The Hall–Kier alpha value is -2.12. The Morgan fingerprint density at radius 3 is 2.78 bits per heavy atom. The van der Waals surface area contributed by atoms with Gasteiger partial charge in [-0.3, -0.25) is 19.6 Å². The average molecular weight is 328 g/mol. The van der Waals surface area contributed by atoms with Crippen molar-refractivity contribution in [1.82, 2.24) is 15.1 Å². The molecule has 2 N–H and O–H groups in total. The molecule has 0 unspecified atom stereocenters. The van der Waals surface area contributed by atoms with E-state index in [9.17, 15) is 9.59 Å². The zero-order chi connectivity index (χ0) is 15.8. The van der Waals surface area contributed by atoms with Crippen molar-refractivity contribution >= 4 is 29.3 Å². The molecule has 1 aromatic heterocycles. The summed E-state index contributed by atoms with van der Waals surface area (Å²) >= 11 is 1.91. The molecule has 1 aromatic carbocycles. The molecule has 0 saturated carbocycles. The van der Waals surface area contributed by atoms with Gasteiger partial charge in [-0.25, -0.2) is 0 Å². The lowest BCUT2D eigenvalue weighted by Crippen LogP contribution is -2.38. The van der Waals surface area contributed by atoms with Crippen LogP contribution in [0.5, 0.6) is 0 Å². The minimum atomic E-state index is -0.130. The van der Waals surface area contributed by atoms with Crippen molar-refractivity contribution in [2.24, 2.45) is 0 Å². The van der Waals surface area contributed by atoms with Crippen molar-refractivity contribution in [1.29, 1.82) is 0 Å². The summed E-state index contributed by atoms with van der Waals surface area (Å²) in [6.07, 6.45) is 0. The number of hydrogen-bond donors (Lipinski definition) is 2. The van der Waals surface area contributed by atoms with E-state index in [4.69, 9.17) is 0 Å². The van der Waals surface area contributed by atoms with Crippen LogP contribution in [0.2, 0.25) is 0 Å². The Kier molecular flexibility index (Phi) is 3.66. The monoisotopic (exact) mass is 328 g/mol. The molecule has 1 aliphatic carbocycles. The molecule has 1 saturated heterocycles. The zero-order valence-electron chi connectivity index (χ0n) is 12.5. The topological polar surface area (TPSA) is 78.1 Å². The highest BCUT2D eigenvalue weighted by Gasteiger charge is 2.32. The first-order valence-electron chi connectivity index (χ1n) is 7.56. The molecule has 23 heavy (non-hydrogen) atoms. The van der Waals surface area contributed by atoms with Crippen LogP contribution in [0.1, 0.15) is 15.9 Å². The lowest BCUT2D eigenvalue weighted by atomic mass is 10.1. The summed E-state index contributed by atoms with van der Waals surface area (Å²) in [4.78, 5) is 26.9. The maximum Gasteiger partial charge on any atom is 0.239 e. The number of ketones is 1. The molecule has 0 bridgehead atoms. The third-order valence-corrected chi connectivity index (χ3v) is 5.11. The largest absolute Gasteiger partial charge is 0.307 e. The van der Waals surface area contributed by atoms with Crippen LogP contribution in [0.15, 0.2) is 24.3 Å². The average Bonchev–Trinajstić information content (AvgIpc) is 3.09. The van der Waals surface area contributed by atoms with Gasteiger partial charge < -0.3 is 5.32 Å².